The second-order valence-electron chi connectivity index (χ2n) is 12.4. The summed E-state index contributed by atoms with van der Waals surface area (Å²) >= 11 is 0. The van der Waals surface area contributed by atoms with E-state index in [-0.39, 0.29) is 10.8 Å². The molecule has 5 atom stereocenters. The van der Waals surface area contributed by atoms with Gasteiger partial charge in [-0.15, -0.1) is 0 Å². The van der Waals surface area contributed by atoms with E-state index in [1.54, 1.807) is 0 Å². The van der Waals surface area contributed by atoms with Crippen molar-refractivity contribution in [3.8, 4) is 5.75 Å². The van der Waals surface area contributed by atoms with Crippen molar-refractivity contribution in [2.75, 3.05) is 0 Å². The average molecular weight is 433 g/mol. The van der Waals surface area contributed by atoms with Gasteiger partial charge in [-0.05, 0) is 108 Å². The third-order valence-electron chi connectivity index (χ3n) is 9.68. The molecule has 0 aromatic heterocycles. The topological polar surface area (TPSA) is 40.5 Å². The molecule has 2 heteroatoms. The van der Waals surface area contributed by atoms with Gasteiger partial charge in [0.1, 0.15) is 5.75 Å². The summed E-state index contributed by atoms with van der Waals surface area (Å²) in [6.45, 7) is 11.2. The van der Waals surface area contributed by atoms with E-state index in [1.165, 1.54) is 28.7 Å². The first-order valence-corrected chi connectivity index (χ1v) is 12.7. The molecule has 172 valence electrons. The minimum Gasteiger partial charge on any atom is -0.508 e. The largest absolute Gasteiger partial charge is 0.508 e. The van der Waals surface area contributed by atoms with Crippen molar-refractivity contribution in [3.63, 3.8) is 0 Å². The first-order valence-electron chi connectivity index (χ1n) is 12.7. The van der Waals surface area contributed by atoms with E-state index in [9.17, 15) is 10.2 Å². The van der Waals surface area contributed by atoms with E-state index in [0.29, 0.717) is 23.5 Å². The van der Waals surface area contributed by atoms with Crippen LogP contribution in [0.15, 0.2) is 36.4 Å². The molecule has 0 aliphatic heterocycles. The van der Waals surface area contributed by atoms with Crippen LogP contribution in [0.25, 0.3) is 0 Å². The van der Waals surface area contributed by atoms with Crippen molar-refractivity contribution < 1.29 is 10.2 Å². The Morgan fingerprint density at radius 3 is 2.41 bits per heavy atom. The van der Waals surface area contributed by atoms with Gasteiger partial charge in [-0.25, -0.2) is 0 Å². The fraction of sp³-hybridized carbons (Fsp3) is 0.600. The highest BCUT2D eigenvalue weighted by Gasteiger charge is 2.61. The predicted octanol–water partition coefficient (Wildman–Crippen LogP) is 6.83. The number of phenols is 1. The number of fused-ring (bicyclic) bond motifs is 5. The van der Waals surface area contributed by atoms with Crippen molar-refractivity contribution in [1.82, 2.24) is 0 Å². The highest BCUT2D eigenvalue weighted by molar-refractivity contribution is 5.45. The lowest BCUT2D eigenvalue weighted by Gasteiger charge is -2.53. The Labute approximate surface area is 194 Å². The van der Waals surface area contributed by atoms with Crippen molar-refractivity contribution >= 4 is 0 Å². The molecule has 2 nitrogen and oxygen atoms in total. The second kappa shape index (κ2) is 7.35. The van der Waals surface area contributed by atoms with E-state index in [2.05, 4.69) is 58.0 Å². The van der Waals surface area contributed by atoms with Gasteiger partial charge in [0.2, 0.25) is 0 Å². The van der Waals surface area contributed by atoms with Crippen LogP contribution in [0.4, 0.5) is 0 Å². The molecule has 0 amide bonds. The fourth-order valence-electron chi connectivity index (χ4n) is 7.58. The zero-order valence-corrected chi connectivity index (χ0v) is 20.5. The molecule has 5 rings (SSSR count). The lowest BCUT2D eigenvalue weighted by molar-refractivity contribution is -0.102. The average Bonchev–Trinajstić information content (AvgIpc) is 2.99. The highest BCUT2D eigenvalue weighted by Crippen LogP contribution is 2.65. The summed E-state index contributed by atoms with van der Waals surface area (Å²) in [6.07, 6.45) is 7.32. The van der Waals surface area contributed by atoms with Gasteiger partial charge in [0.15, 0.2) is 0 Å². The van der Waals surface area contributed by atoms with Gasteiger partial charge in [-0.3, -0.25) is 0 Å². The normalized spacial score (nSPS) is 34.0. The molecule has 0 spiro atoms. The van der Waals surface area contributed by atoms with Crippen LogP contribution < -0.4 is 0 Å². The van der Waals surface area contributed by atoms with Gasteiger partial charge in [-0.2, -0.15) is 0 Å². The predicted molar refractivity (Wildman–Crippen MR) is 131 cm³/mol. The van der Waals surface area contributed by atoms with E-state index >= 15 is 0 Å². The summed E-state index contributed by atoms with van der Waals surface area (Å²) in [6, 6.07) is 13.3. The second-order valence-corrected chi connectivity index (χ2v) is 12.4. The summed E-state index contributed by atoms with van der Waals surface area (Å²) in [5.41, 5.74) is 5.98. The van der Waals surface area contributed by atoms with Gasteiger partial charge >= 0.3 is 0 Å². The molecule has 0 bridgehead atoms. The number of benzene rings is 2. The Hall–Kier alpha value is -1.80. The quantitative estimate of drug-likeness (QED) is 0.546. The van der Waals surface area contributed by atoms with Gasteiger partial charge in [0, 0.05) is 6.42 Å². The van der Waals surface area contributed by atoms with Crippen LogP contribution in [0.3, 0.4) is 0 Å². The van der Waals surface area contributed by atoms with Crippen LogP contribution in [0.5, 0.6) is 5.75 Å². The van der Waals surface area contributed by atoms with Gasteiger partial charge in [0.05, 0.1) is 5.60 Å². The lowest BCUT2D eigenvalue weighted by Crippen LogP contribution is -2.51. The number of hydrogen-bond acceptors (Lipinski definition) is 2. The Bertz CT molecular complexity index is 1010. The van der Waals surface area contributed by atoms with Crippen molar-refractivity contribution in [2.45, 2.75) is 96.5 Å². The minimum absolute atomic E-state index is 0.0136. The standard InChI is InChI=1S/C30H40O2/c1-19-16-25-21(17-27(19)31)8-11-24-23(25)12-14-29(5)26(24)13-15-30(29,32)18-20-6-9-22(10-7-20)28(2,3)4/h6-7,9-10,16-17,23-24,26,31-32H,8,11-15,18H2,1-5H3/t23?,24?,26?,29-,30+/m0/s1. The summed E-state index contributed by atoms with van der Waals surface area (Å²) in [5, 5.41) is 22.3. The molecule has 2 aromatic rings. The minimum atomic E-state index is -0.614. The van der Waals surface area contributed by atoms with Gasteiger partial charge in [0.25, 0.3) is 0 Å². The smallest absolute Gasteiger partial charge is 0.118 e. The fourth-order valence-corrected chi connectivity index (χ4v) is 7.58. The first kappa shape index (κ1) is 22.0. The number of phenolic OH excluding ortho intramolecular Hbond substituents is 1. The summed E-state index contributed by atoms with van der Waals surface area (Å²) in [7, 11) is 0. The molecule has 2 aromatic carbocycles. The summed E-state index contributed by atoms with van der Waals surface area (Å²) in [4.78, 5) is 0. The van der Waals surface area contributed by atoms with E-state index in [4.69, 9.17) is 0 Å². The van der Waals surface area contributed by atoms with Gasteiger partial charge < -0.3 is 10.2 Å². The van der Waals surface area contributed by atoms with Crippen LogP contribution in [-0.2, 0) is 18.3 Å². The van der Waals surface area contributed by atoms with Gasteiger partial charge in [-0.1, -0.05) is 58.0 Å². The van der Waals surface area contributed by atoms with E-state index in [0.717, 1.165) is 44.1 Å². The third kappa shape index (κ3) is 3.33. The number of hydrogen-bond donors (Lipinski definition) is 2. The summed E-state index contributed by atoms with van der Waals surface area (Å²) < 4.78 is 0. The van der Waals surface area contributed by atoms with Crippen molar-refractivity contribution in [3.05, 3.63) is 64.2 Å². The van der Waals surface area contributed by atoms with Crippen LogP contribution >= 0.6 is 0 Å². The lowest BCUT2D eigenvalue weighted by atomic mass is 9.52. The van der Waals surface area contributed by atoms with E-state index in [1.807, 2.05) is 13.0 Å². The number of aliphatic hydroxyl groups is 1. The molecule has 32 heavy (non-hydrogen) atoms. The molecule has 3 unspecified atom stereocenters. The molecule has 3 aliphatic rings. The Balaban J connectivity index is 1.40. The van der Waals surface area contributed by atoms with Crippen molar-refractivity contribution in [2.24, 2.45) is 17.3 Å². The molecule has 2 N–H and O–H groups in total. The third-order valence-corrected chi connectivity index (χ3v) is 9.68. The molecular formula is C30H40O2. The number of aromatic hydroxyl groups is 1. The Morgan fingerprint density at radius 1 is 1.00 bits per heavy atom. The zero-order valence-electron chi connectivity index (χ0n) is 20.5. The number of aryl methyl sites for hydroxylation is 2. The molecular weight excluding hydrogens is 392 g/mol. The Morgan fingerprint density at radius 2 is 1.72 bits per heavy atom. The first-order chi connectivity index (χ1) is 15.0. The molecule has 0 saturated heterocycles. The highest BCUT2D eigenvalue weighted by atomic mass is 16.3. The molecule has 3 aliphatic carbocycles. The maximum Gasteiger partial charge on any atom is 0.118 e. The van der Waals surface area contributed by atoms with Crippen LogP contribution in [0.1, 0.15) is 93.5 Å². The Kier molecular flexibility index (Phi) is 5.06. The molecule has 0 heterocycles. The number of rotatable bonds is 2. The molecule has 2 saturated carbocycles. The SMILES string of the molecule is Cc1cc2c(cc1O)CCC1C2CC[C@@]2(C)C1CC[C@@]2(O)Cc1ccc(C(C)(C)C)cc1. The van der Waals surface area contributed by atoms with Crippen LogP contribution in [0, 0.1) is 24.2 Å². The molecule has 0 radical (unpaired) electrons. The summed E-state index contributed by atoms with van der Waals surface area (Å²) in [5.74, 6) is 2.27. The molecule has 2 fully saturated rings. The van der Waals surface area contributed by atoms with Crippen molar-refractivity contribution in [1.29, 1.82) is 0 Å². The maximum absolute atomic E-state index is 12.1. The maximum atomic E-state index is 12.1. The monoisotopic (exact) mass is 432 g/mol. The zero-order chi connectivity index (χ0) is 22.9. The van der Waals surface area contributed by atoms with E-state index < -0.39 is 5.60 Å². The van der Waals surface area contributed by atoms with Crippen LogP contribution in [-0.4, -0.2) is 15.8 Å². The van der Waals surface area contributed by atoms with Crippen LogP contribution in [0.2, 0.25) is 0 Å².